The molecule has 1 unspecified atom stereocenters. The van der Waals surface area contributed by atoms with Crippen LogP contribution in [0.15, 0.2) is 60.8 Å². The van der Waals surface area contributed by atoms with Crippen LogP contribution in [0.2, 0.25) is 0 Å². The normalized spacial score (nSPS) is 11.6. The number of carbonyl (C=O) groups excluding carboxylic acids is 2. The summed E-state index contributed by atoms with van der Waals surface area (Å²) in [7, 11) is 1.59. The molecular formula is C24H27N3O4. The van der Waals surface area contributed by atoms with Gasteiger partial charge in [0.25, 0.3) is 5.91 Å². The number of esters is 1. The molecule has 1 aromatic heterocycles. The van der Waals surface area contributed by atoms with Crippen molar-refractivity contribution in [3.05, 3.63) is 77.6 Å². The van der Waals surface area contributed by atoms with E-state index in [9.17, 15) is 9.59 Å². The molecule has 0 bridgehead atoms. The summed E-state index contributed by atoms with van der Waals surface area (Å²) in [5, 5.41) is 7.20. The van der Waals surface area contributed by atoms with Gasteiger partial charge in [-0.2, -0.15) is 5.10 Å². The summed E-state index contributed by atoms with van der Waals surface area (Å²) in [4.78, 5) is 25.1. The van der Waals surface area contributed by atoms with Crippen LogP contribution in [-0.2, 0) is 16.0 Å². The molecule has 0 aliphatic heterocycles. The third-order valence-corrected chi connectivity index (χ3v) is 4.86. The second-order valence-corrected chi connectivity index (χ2v) is 7.17. The van der Waals surface area contributed by atoms with E-state index in [0.29, 0.717) is 18.8 Å². The van der Waals surface area contributed by atoms with E-state index in [2.05, 4.69) is 10.4 Å². The molecule has 1 heterocycles. The van der Waals surface area contributed by atoms with Gasteiger partial charge in [0.2, 0.25) is 0 Å². The number of carbonyl (C=O) groups is 2. The summed E-state index contributed by atoms with van der Waals surface area (Å²) in [6.45, 7) is 4.19. The van der Waals surface area contributed by atoms with E-state index >= 15 is 0 Å². The third-order valence-electron chi connectivity index (χ3n) is 4.86. The highest BCUT2D eigenvalue weighted by Gasteiger charge is 2.22. The van der Waals surface area contributed by atoms with Crippen molar-refractivity contribution in [1.29, 1.82) is 0 Å². The average molecular weight is 421 g/mol. The molecular weight excluding hydrogens is 394 g/mol. The number of aryl methyl sites for hydroxylation is 1. The van der Waals surface area contributed by atoms with Crippen LogP contribution in [0.5, 0.6) is 5.75 Å². The zero-order chi connectivity index (χ0) is 22.2. The molecule has 162 valence electrons. The quantitative estimate of drug-likeness (QED) is 0.536. The number of nitrogens with one attached hydrogen (secondary N) is 1. The van der Waals surface area contributed by atoms with Crippen LogP contribution in [0.3, 0.4) is 0 Å². The van der Waals surface area contributed by atoms with E-state index in [0.717, 1.165) is 16.8 Å². The van der Waals surface area contributed by atoms with E-state index in [1.54, 1.807) is 31.0 Å². The maximum absolute atomic E-state index is 12.7. The Morgan fingerprint density at radius 1 is 1.13 bits per heavy atom. The molecule has 0 fully saturated rings. The van der Waals surface area contributed by atoms with E-state index < -0.39 is 5.92 Å². The lowest BCUT2D eigenvalue weighted by Gasteiger charge is -2.16. The molecule has 2 aromatic carbocycles. The fraction of sp³-hybridized carbons (Fsp3) is 0.292. The summed E-state index contributed by atoms with van der Waals surface area (Å²) in [5.41, 5.74) is 3.06. The Kier molecular flexibility index (Phi) is 7.43. The molecule has 7 nitrogen and oxygen atoms in total. The monoisotopic (exact) mass is 421 g/mol. The van der Waals surface area contributed by atoms with Crippen LogP contribution in [0.25, 0.3) is 5.69 Å². The first kappa shape index (κ1) is 22.1. The Labute approximate surface area is 182 Å². The SMILES string of the molecule is CCOC(=O)C(CNC(=O)c1ccn(-c2cc(C)ccc2OC)n1)Cc1ccccc1. The summed E-state index contributed by atoms with van der Waals surface area (Å²) >= 11 is 0. The second-order valence-electron chi connectivity index (χ2n) is 7.17. The van der Waals surface area contributed by atoms with Crippen molar-refractivity contribution in [3.8, 4) is 11.4 Å². The zero-order valence-electron chi connectivity index (χ0n) is 18.0. The van der Waals surface area contributed by atoms with E-state index in [1.807, 2.05) is 55.5 Å². The van der Waals surface area contributed by atoms with Crippen LogP contribution >= 0.6 is 0 Å². The predicted molar refractivity (Wildman–Crippen MR) is 117 cm³/mol. The van der Waals surface area contributed by atoms with Gasteiger partial charge in [0, 0.05) is 12.7 Å². The van der Waals surface area contributed by atoms with Crippen molar-refractivity contribution < 1.29 is 19.1 Å². The van der Waals surface area contributed by atoms with Gasteiger partial charge >= 0.3 is 5.97 Å². The Bertz CT molecular complexity index is 1030. The first-order valence-corrected chi connectivity index (χ1v) is 10.2. The molecule has 1 atom stereocenters. The van der Waals surface area contributed by atoms with E-state index in [1.165, 1.54) is 0 Å². The van der Waals surface area contributed by atoms with Crippen LogP contribution in [0.4, 0.5) is 0 Å². The maximum Gasteiger partial charge on any atom is 0.311 e. The molecule has 1 amide bonds. The van der Waals surface area contributed by atoms with E-state index in [4.69, 9.17) is 9.47 Å². The number of amides is 1. The molecule has 3 rings (SSSR count). The van der Waals surface area contributed by atoms with Gasteiger partial charge in [0.15, 0.2) is 5.69 Å². The maximum atomic E-state index is 12.7. The fourth-order valence-electron chi connectivity index (χ4n) is 3.26. The molecule has 0 aliphatic rings. The van der Waals surface area contributed by atoms with E-state index in [-0.39, 0.29) is 24.1 Å². The largest absolute Gasteiger partial charge is 0.494 e. The minimum atomic E-state index is -0.481. The average Bonchev–Trinajstić information content (AvgIpc) is 3.27. The van der Waals surface area contributed by atoms with Crippen LogP contribution in [-0.4, -0.2) is 41.9 Å². The van der Waals surface area contributed by atoms with Crippen LogP contribution in [0, 0.1) is 12.8 Å². The fourth-order valence-corrected chi connectivity index (χ4v) is 3.26. The zero-order valence-corrected chi connectivity index (χ0v) is 18.0. The Hall–Kier alpha value is -3.61. The molecule has 0 radical (unpaired) electrons. The van der Waals surface area contributed by atoms with Gasteiger partial charge in [-0.25, -0.2) is 4.68 Å². The predicted octanol–water partition coefficient (Wildman–Crippen LogP) is 3.34. The van der Waals surface area contributed by atoms with Crippen molar-refractivity contribution in [1.82, 2.24) is 15.1 Å². The van der Waals surface area contributed by atoms with Crippen molar-refractivity contribution in [2.75, 3.05) is 20.3 Å². The van der Waals surface area contributed by atoms with Gasteiger partial charge in [-0.15, -0.1) is 0 Å². The topological polar surface area (TPSA) is 82.5 Å². The summed E-state index contributed by atoms with van der Waals surface area (Å²) in [6, 6.07) is 17.0. The minimum absolute atomic E-state index is 0.160. The lowest BCUT2D eigenvalue weighted by Crippen LogP contribution is -2.35. The Balaban J connectivity index is 1.70. The molecule has 3 aromatic rings. The minimum Gasteiger partial charge on any atom is -0.494 e. The molecule has 7 heteroatoms. The summed E-state index contributed by atoms with van der Waals surface area (Å²) in [5.74, 6) is -0.509. The number of rotatable bonds is 9. The Morgan fingerprint density at radius 2 is 1.90 bits per heavy atom. The second kappa shape index (κ2) is 10.4. The first-order valence-electron chi connectivity index (χ1n) is 10.2. The molecule has 31 heavy (non-hydrogen) atoms. The van der Waals surface area contributed by atoms with Crippen molar-refractivity contribution in [2.45, 2.75) is 20.3 Å². The highest BCUT2D eigenvalue weighted by molar-refractivity contribution is 5.92. The number of methoxy groups -OCH3 is 1. The number of hydrogen-bond donors (Lipinski definition) is 1. The third kappa shape index (κ3) is 5.72. The molecule has 0 aliphatic carbocycles. The van der Waals surface area contributed by atoms with Gasteiger partial charge in [-0.05, 0) is 49.6 Å². The van der Waals surface area contributed by atoms with Crippen LogP contribution in [0.1, 0.15) is 28.5 Å². The van der Waals surface area contributed by atoms with Crippen molar-refractivity contribution >= 4 is 11.9 Å². The Morgan fingerprint density at radius 3 is 2.61 bits per heavy atom. The standard InChI is InChI=1S/C24H27N3O4/c1-4-31-24(29)19(15-18-8-6-5-7-9-18)16-25-23(28)20-12-13-27(26-20)21-14-17(2)10-11-22(21)30-3/h5-14,19H,4,15-16H2,1-3H3,(H,25,28). The van der Waals surface area contributed by atoms with Gasteiger partial charge in [0.1, 0.15) is 11.4 Å². The number of nitrogens with zero attached hydrogens (tertiary/aromatic N) is 2. The van der Waals surface area contributed by atoms with Crippen LogP contribution < -0.4 is 10.1 Å². The lowest BCUT2D eigenvalue weighted by atomic mass is 9.99. The van der Waals surface area contributed by atoms with Gasteiger partial charge in [-0.1, -0.05) is 36.4 Å². The van der Waals surface area contributed by atoms with Gasteiger partial charge < -0.3 is 14.8 Å². The number of aromatic nitrogens is 2. The first-order chi connectivity index (χ1) is 15.0. The van der Waals surface area contributed by atoms with Gasteiger partial charge in [0.05, 0.1) is 19.6 Å². The highest BCUT2D eigenvalue weighted by atomic mass is 16.5. The smallest absolute Gasteiger partial charge is 0.311 e. The van der Waals surface area contributed by atoms with Crippen molar-refractivity contribution in [2.24, 2.45) is 5.92 Å². The lowest BCUT2D eigenvalue weighted by molar-refractivity contribution is -0.147. The van der Waals surface area contributed by atoms with Gasteiger partial charge in [-0.3, -0.25) is 9.59 Å². The molecule has 1 N–H and O–H groups in total. The number of benzene rings is 2. The highest BCUT2D eigenvalue weighted by Crippen LogP contribution is 2.23. The van der Waals surface area contributed by atoms with Crippen molar-refractivity contribution in [3.63, 3.8) is 0 Å². The summed E-state index contributed by atoms with van der Waals surface area (Å²) in [6.07, 6.45) is 2.19. The number of ether oxygens (including phenoxy) is 2. The summed E-state index contributed by atoms with van der Waals surface area (Å²) < 4.78 is 12.2. The molecule has 0 saturated carbocycles. The number of hydrogen-bond acceptors (Lipinski definition) is 5. The molecule has 0 spiro atoms. The molecule has 0 saturated heterocycles.